The van der Waals surface area contributed by atoms with E-state index >= 15 is 0 Å². The third kappa shape index (κ3) is 5.44. The second-order valence-electron chi connectivity index (χ2n) is 6.41. The van der Waals surface area contributed by atoms with Gasteiger partial charge in [-0.1, -0.05) is 24.3 Å². The lowest BCUT2D eigenvalue weighted by atomic mass is 10.1. The Morgan fingerprint density at radius 1 is 1.07 bits per heavy atom. The van der Waals surface area contributed by atoms with Gasteiger partial charge in [-0.05, 0) is 47.9 Å². The molecular weight excluding hydrogens is 357 g/mol. The minimum absolute atomic E-state index is 0.163. The Hall–Kier alpha value is -3.12. The van der Waals surface area contributed by atoms with E-state index in [2.05, 4.69) is 9.97 Å². The van der Waals surface area contributed by atoms with E-state index in [4.69, 9.17) is 4.74 Å². The first-order valence-electron chi connectivity index (χ1n) is 9.03. The molecule has 0 radical (unpaired) electrons. The lowest BCUT2D eigenvalue weighted by Crippen LogP contribution is -2.33. The first kappa shape index (κ1) is 19.6. The molecule has 0 bridgehead atoms. The van der Waals surface area contributed by atoms with Crippen molar-refractivity contribution in [2.45, 2.75) is 19.6 Å². The van der Waals surface area contributed by atoms with Gasteiger partial charge in [0.15, 0.2) is 0 Å². The molecule has 0 unspecified atom stereocenters. The number of hydrogen-bond acceptors (Lipinski definition) is 4. The summed E-state index contributed by atoms with van der Waals surface area (Å²) in [6, 6.07) is 15.4. The van der Waals surface area contributed by atoms with Crippen LogP contribution in [0.5, 0.6) is 0 Å². The smallest absolute Gasteiger partial charge is 0.272 e. The molecule has 0 aliphatic carbocycles. The van der Waals surface area contributed by atoms with E-state index in [0.29, 0.717) is 37.5 Å². The lowest BCUT2D eigenvalue weighted by Gasteiger charge is -2.23. The molecule has 144 valence electrons. The van der Waals surface area contributed by atoms with Crippen molar-refractivity contribution in [3.8, 4) is 0 Å². The molecule has 0 N–H and O–H groups in total. The van der Waals surface area contributed by atoms with E-state index in [0.717, 1.165) is 11.1 Å². The molecular formula is C22H22FN3O2. The van der Waals surface area contributed by atoms with Crippen LogP contribution in [0.2, 0.25) is 0 Å². The minimum atomic E-state index is -0.272. The fourth-order valence-electron chi connectivity index (χ4n) is 2.87. The van der Waals surface area contributed by atoms with Gasteiger partial charge < -0.3 is 9.64 Å². The van der Waals surface area contributed by atoms with Gasteiger partial charge in [-0.15, -0.1) is 0 Å². The first-order valence-corrected chi connectivity index (χ1v) is 9.03. The zero-order chi connectivity index (χ0) is 19.8. The second kappa shape index (κ2) is 9.71. The molecule has 0 spiro atoms. The Balaban J connectivity index is 1.79. The van der Waals surface area contributed by atoms with E-state index in [1.54, 1.807) is 48.7 Å². The summed E-state index contributed by atoms with van der Waals surface area (Å²) in [5.74, 6) is -0.435. The summed E-state index contributed by atoms with van der Waals surface area (Å²) in [7, 11) is 1.59. The van der Waals surface area contributed by atoms with Gasteiger partial charge in [0.2, 0.25) is 0 Å². The van der Waals surface area contributed by atoms with Gasteiger partial charge in [-0.2, -0.15) is 0 Å². The van der Waals surface area contributed by atoms with Gasteiger partial charge in [-0.3, -0.25) is 9.78 Å². The van der Waals surface area contributed by atoms with Crippen LogP contribution in [0.15, 0.2) is 67.0 Å². The van der Waals surface area contributed by atoms with Crippen LogP contribution in [0, 0.1) is 5.82 Å². The monoisotopic (exact) mass is 379 g/mol. The Labute approximate surface area is 163 Å². The number of ether oxygens (including phenoxy) is 1. The average molecular weight is 379 g/mol. The van der Waals surface area contributed by atoms with Crippen molar-refractivity contribution in [2.75, 3.05) is 13.7 Å². The predicted molar refractivity (Wildman–Crippen MR) is 104 cm³/mol. The Kier molecular flexibility index (Phi) is 6.81. The maximum atomic E-state index is 13.1. The highest BCUT2D eigenvalue weighted by Gasteiger charge is 2.18. The summed E-state index contributed by atoms with van der Waals surface area (Å²) < 4.78 is 18.2. The number of carbonyl (C=O) groups excluding carboxylic acids is 1. The van der Waals surface area contributed by atoms with Crippen LogP contribution in [-0.4, -0.2) is 34.4 Å². The van der Waals surface area contributed by atoms with E-state index in [1.165, 1.54) is 12.1 Å². The molecule has 1 amide bonds. The van der Waals surface area contributed by atoms with Crippen molar-refractivity contribution in [1.29, 1.82) is 0 Å². The molecule has 2 heterocycles. The van der Waals surface area contributed by atoms with Crippen LogP contribution in [0.3, 0.4) is 0 Å². The number of amides is 1. The van der Waals surface area contributed by atoms with Crippen LogP contribution in [0.25, 0.3) is 0 Å². The molecule has 0 saturated heterocycles. The van der Waals surface area contributed by atoms with Crippen molar-refractivity contribution >= 4 is 5.91 Å². The highest BCUT2D eigenvalue weighted by Crippen LogP contribution is 2.12. The van der Waals surface area contributed by atoms with Gasteiger partial charge >= 0.3 is 0 Å². The Morgan fingerprint density at radius 2 is 1.89 bits per heavy atom. The Morgan fingerprint density at radius 3 is 2.61 bits per heavy atom. The molecule has 6 heteroatoms. The highest BCUT2D eigenvalue weighted by atomic mass is 19.1. The topological polar surface area (TPSA) is 55.3 Å². The quantitative estimate of drug-likeness (QED) is 0.600. The van der Waals surface area contributed by atoms with Crippen LogP contribution in [0.4, 0.5) is 4.39 Å². The van der Waals surface area contributed by atoms with E-state index in [1.807, 2.05) is 18.2 Å². The summed E-state index contributed by atoms with van der Waals surface area (Å²) in [5, 5.41) is 0. The fraction of sp³-hybridized carbons (Fsp3) is 0.227. The fourth-order valence-corrected chi connectivity index (χ4v) is 2.87. The number of benzene rings is 1. The molecule has 5 nitrogen and oxygen atoms in total. The number of pyridine rings is 2. The van der Waals surface area contributed by atoms with E-state index in [9.17, 15) is 9.18 Å². The van der Waals surface area contributed by atoms with Crippen LogP contribution in [-0.2, 0) is 24.3 Å². The number of nitrogens with zero attached hydrogens (tertiary/aromatic N) is 3. The van der Waals surface area contributed by atoms with Crippen LogP contribution < -0.4 is 0 Å². The maximum Gasteiger partial charge on any atom is 0.272 e. The summed E-state index contributed by atoms with van der Waals surface area (Å²) in [6.07, 6.45) is 4.06. The highest BCUT2D eigenvalue weighted by molar-refractivity contribution is 5.92. The van der Waals surface area contributed by atoms with Crippen molar-refractivity contribution in [2.24, 2.45) is 0 Å². The molecule has 0 aliphatic rings. The molecule has 0 aliphatic heterocycles. The first-order chi connectivity index (χ1) is 13.7. The zero-order valence-corrected chi connectivity index (χ0v) is 15.7. The van der Waals surface area contributed by atoms with E-state index < -0.39 is 0 Å². The number of methoxy groups -OCH3 is 1. The number of rotatable bonds is 8. The molecule has 2 aromatic heterocycles. The largest absolute Gasteiger partial charge is 0.378 e. The van der Waals surface area contributed by atoms with Gasteiger partial charge in [0.05, 0.1) is 12.3 Å². The second-order valence-corrected chi connectivity index (χ2v) is 6.41. The molecule has 1 aromatic carbocycles. The number of aromatic nitrogens is 2. The third-order valence-corrected chi connectivity index (χ3v) is 4.29. The SMILES string of the molecule is COCc1cccc(C(=O)N(CCc2ccc(F)cc2)Cc2cccnc2)n1. The molecule has 28 heavy (non-hydrogen) atoms. The van der Waals surface area contributed by atoms with Crippen molar-refractivity contribution in [3.05, 3.63) is 95.3 Å². The summed E-state index contributed by atoms with van der Waals surface area (Å²) >= 11 is 0. The summed E-state index contributed by atoms with van der Waals surface area (Å²) in [6.45, 7) is 1.25. The standard InChI is InChI=1S/C22H22FN3O2/c1-28-16-20-5-2-6-21(25-20)22(27)26(15-18-4-3-12-24-14-18)13-11-17-7-9-19(23)10-8-17/h2-10,12,14H,11,13,15-16H2,1H3. The normalized spacial score (nSPS) is 10.6. The number of halogens is 1. The molecule has 3 aromatic rings. The van der Waals surface area contributed by atoms with Gasteiger partial charge in [0.1, 0.15) is 11.5 Å². The number of carbonyl (C=O) groups is 1. The molecule has 0 saturated carbocycles. The van der Waals surface area contributed by atoms with Gasteiger partial charge in [0, 0.05) is 32.6 Å². The van der Waals surface area contributed by atoms with Gasteiger partial charge in [-0.25, -0.2) is 9.37 Å². The van der Waals surface area contributed by atoms with Crippen LogP contribution in [0.1, 0.15) is 27.3 Å². The molecule has 3 rings (SSSR count). The van der Waals surface area contributed by atoms with E-state index in [-0.39, 0.29) is 11.7 Å². The lowest BCUT2D eigenvalue weighted by molar-refractivity contribution is 0.0738. The minimum Gasteiger partial charge on any atom is -0.378 e. The molecule has 0 fully saturated rings. The summed E-state index contributed by atoms with van der Waals surface area (Å²) in [5.41, 5.74) is 2.97. The predicted octanol–water partition coefficient (Wildman–Crippen LogP) is 3.65. The third-order valence-electron chi connectivity index (χ3n) is 4.29. The van der Waals surface area contributed by atoms with Crippen LogP contribution >= 0.6 is 0 Å². The molecule has 0 atom stereocenters. The summed E-state index contributed by atoms with van der Waals surface area (Å²) in [4.78, 5) is 23.4. The van der Waals surface area contributed by atoms with Crippen molar-refractivity contribution in [1.82, 2.24) is 14.9 Å². The zero-order valence-electron chi connectivity index (χ0n) is 15.7. The van der Waals surface area contributed by atoms with Crippen molar-refractivity contribution in [3.63, 3.8) is 0 Å². The average Bonchev–Trinajstić information content (AvgIpc) is 2.73. The maximum absolute atomic E-state index is 13.1. The number of hydrogen-bond donors (Lipinski definition) is 0. The Bertz CT molecular complexity index is 901. The van der Waals surface area contributed by atoms with Crippen molar-refractivity contribution < 1.29 is 13.9 Å². The van der Waals surface area contributed by atoms with Gasteiger partial charge in [0.25, 0.3) is 5.91 Å².